The van der Waals surface area contributed by atoms with E-state index in [0.29, 0.717) is 46.2 Å². The minimum atomic E-state index is -0.824. The van der Waals surface area contributed by atoms with E-state index < -0.39 is 22.8 Å². The zero-order valence-electron chi connectivity index (χ0n) is 28.9. The van der Waals surface area contributed by atoms with Gasteiger partial charge in [-0.3, -0.25) is 19.5 Å². The lowest BCUT2D eigenvalue weighted by molar-refractivity contribution is 0.0249. The van der Waals surface area contributed by atoms with Crippen molar-refractivity contribution in [2.24, 2.45) is 11.7 Å². The van der Waals surface area contributed by atoms with E-state index >= 15 is 0 Å². The van der Waals surface area contributed by atoms with Gasteiger partial charge in [-0.25, -0.2) is 4.79 Å². The van der Waals surface area contributed by atoms with Gasteiger partial charge in [-0.05, 0) is 80.3 Å². The van der Waals surface area contributed by atoms with Gasteiger partial charge in [0.05, 0.1) is 16.1 Å². The van der Waals surface area contributed by atoms with Crippen LogP contribution in [0.1, 0.15) is 66.6 Å². The van der Waals surface area contributed by atoms with Gasteiger partial charge in [0.2, 0.25) is 0 Å². The van der Waals surface area contributed by atoms with Crippen LogP contribution in [-0.4, -0.2) is 76.8 Å². The third-order valence-corrected chi connectivity index (χ3v) is 11.0. The van der Waals surface area contributed by atoms with Crippen molar-refractivity contribution in [2.45, 2.75) is 50.5 Å². The van der Waals surface area contributed by atoms with Crippen molar-refractivity contribution in [1.82, 2.24) is 25.1 Å². The first-order valence-electron chi connectivity index (χ1n) is 17.9. The second-order valence-electron chi connectivity index (χ2n) is 14.0. The predicted octanol–water partition coefficient (Wildman–Crippen LogP) is 4.42. The maximum atomic E-state index is 12.7. The van der Waals surface area contributed by atoms with Crippen LogP contribution in [0.3, 0.4) is 0 Å². The minimum absolute atomic E-state index is 0.124. The molecule has 52 heavy (non-hydrogen) atoms. The number of nitrogens with zero attached hydrogens (tertiary/aromatic N) is 6. The van der Waals surface area contributed by atoms with Gasteiger partial charge in [-0.15, -0.1) is 10.2 Å². The Morgan fingerprint density at radius 3 is 2.35 bits per heavy atom. The second-order valence-corrected chi connectivity index (χ2v) is 14.4. The van der Waals surface area contributed by atoms with Crippen molar-refractivity contribution in [2.75, 3.05) is 55.6 Å². The molecule has 4 N–H and O–H groups in total. The molecule has 2 aliphatic heterocycles. The van der Waals surface area contributed by atoms with Crippen LogP contribution in [0.25, 0.3) is 11.1 Å². The molecule has 2 saturated heterocycles. The molecule has 0 bridgehead atoms. The number of ether oxygens (including phenoxy) is 1. The number of nitrogens with one attached hydrogen (secondary N) is 2. The number of carbonyl (C=O) groups is 1. The van der Waals surface area contributed by atoms with E-state index in [-0.39, 0.29) is 5.69 Å². The molecule has 2 aromatic carbocycles. The molecule has 13 nitrogen and oxygen atoms in total. The number of piperidine rings is 1. The number of anilines is 2. The Hall–Kier alpha value is -5.19. The molecule has 270 valence electrons. The first kappa shape index (κ1) is 35.2. The van der Waals surface area contributed by atoms with Gasteiger partial charge in [0.15, 0.2) is 11.5 Å². The van der Waals surface area contributed by atoms with Crippen molar-refractivity contribution in [3.63, 3.8) is 0 Å². The Labute approximate surface area is 306 Å². The molecule has 3 aliphatic rings. The SMILES string of the molecule is N#Cc1ccc(OC2(c3cc(N4CCC(CN5CCN(c6ccc(-c7c[nH]c(=O)[nH]c7=O)cc6)CC5)CC4)nnc3C(N)=O)CCCCC2)cc1Cl. The fraction of sp³-hybridized carbons (Fsp3) is 0.421. The molecular weight excluding hydrogens is 682 g/mol. The molecule has 3 fully saturated rings. The first-order chi connectivity index (χ1) is 25.2. The second kappa shape index (κ2) is 15.2. The molecular formula is C38H42ClN9O4. The van der Waals surface area contributed by atoms with Gasteiger partial charge in [0, 0.05) is 69.3 Å². The van der Waals surface area contributed by atoms with Crippen molar-refractivity contribution in [3.8, 4) is 22.9 Å². The molecule has 7 rings (SSSR count). The third-order valence-electron chi connectivity index (χ3n) is 10.7. The molecule has 1 aliphatic carbocycles. The summed E-state index contributed by atoms with van der Waals surface area (Å²) in [5, 5.41) is 18.5. The summed E-state index contributed by atoms with van der Waals surface area (Å²) in [6.07, 6.45) is 7.77. The molecule has 4 aromatic rings. The van der Waals surface area contributed by atoms with E-state index in [2.05, 4.69) is 40.9 Å². The van der Waals surface area contributed by atoms with Crippen LogP contribution in [0, 0.1) is 17.2 Å². The Balaban J connectivity index is 0.973. The first-order valence-corrected chi connectivity index (χ1v) is 18.3. The third kappa shape index (κ3) is 7.54. The van der Waals surface area contributed by atoms with Gasteiger partial charge in [-0.1, -0.05) is 30.2 Å². The topological polar surface area (TPSA) is 177 Å². The van der Waals surface area contributed by atoms with Crippen molar-refractivity contribution < 1.29 is 9.53 Å². The van der Waals surface area contributed by atoms with E-state index in [9.17, 15) is 19.6 Å². The molecule has 2 aromatic heterocycles. The zero-order valence-corrected chi connectivity index (χ0v) is 29.7. The predicted molar refractivity (Wildman–Crippen MR) is 199 cm³/mol. The van der Waals surface area contributed by atoms with Crippen molar-refractivity contribution in [1.29, 1.82) is 5.26 Å². The zero-order chi connectivity index (χ0) is 36.2. The number of H-pyrrole nitrogens is 2. The summed E-state index contributed by atoms with van der Waals surface area (Å²) in [7, 11) is 0. The number of halogens is 1. The number of nitrogens with two attached hydrogens (primary N) is 1. The number of aromatic amines is 2. The number of amides is 1. The Kier molecular flexibility index (Phi) is 10.3. The summed E-state index contributed by atoms with van der Waals surface area (Å²) in [5.41, 5.74) is 7.57. The van der Waals surface area contributed by atoms with Gasteiger partial charge in [0.1, 0.15) is 17.4 Å². The fourth-order valence-electron chi connectivity index (χ4n) is 7.86. The number of hydrogen-bond donors (Lipinski definition) is 3. The number of primary amides is 1. The molecule has 4 heterocycles. The average Bonchev–Trinajstić information content (AvgIpc) is 3.16. The maximum Gasteiger partial charge on any atom is 0.325 e. The van der Waals surface area contributed by atoms with Gasteiger partial charge >= 0.3 is 5.69 Å². The van der Waals surface area contributed by atoms with Crippen LogP contribution >= 0.6 is 11.6 Å². The smallest absolute Gasteiger partial charge is 0.325 e. The van der Waals surface area contributed by atoms with Gasteiger partial charge in [0.25, 0.3) is 11.5 Å². The highest BCUT2D eigenvalue weighted by atomic mass is 35.5. The van der Waals surface area contributed by atoms with Crippen molar-refractivity contribution >= 4 is 29.0 Å². The van der Waals surface area contributed by atoms with E-state index in [0.717, 1.165) is 95.0 Å². The summed E-state index contributed by atoms with van der Waals surface area (Å²) in [5.74, 6) is 1.16. The number of hydrogen-bond acceptors (Lipinski definition) is 10. The van der Waals surface area contributed by atoms with E-state index in [1.807, 2.05) is 30.3 Å². The van der Waals surface area contributed by atoms with Gasteiger partial charge < -0.3 is 25.3 Å². The number of piperazine rings is 1. The van der Waals surface area contributed by atoms with E-state index in [4.69, 9.17) is 22.1 Å². The van der Waals surface area contributed by atoms with Crippen LogP contribution in [-0.2, 0) is 5.60 Å². The lowest BCUT2D eigenvalue weighted by Gasteiger charge is -2.40. The standard InChI is InChI=1S/C38H42ClN9O4/c39-32-20-29(9-6-27(32)22-40)52-38(12-2-1-3-13-38)31-21-33(44-45-34(31)35(41)49)48-14-10-25(11-15-48)24-46-16-18-47(19-17-46)28-7-4-26(5-8-28)30-23-42-37(51)43-36(30)50/h4-9,20-21,23,25H,1-3,10-19,24H2,(H2,41,49)(H2,42,43,50,51). The number of aromatic nitrogens is 4. The summed E-state index contributed by atoms with van der Waals surface area (Å²) in [6, 6.07) is 17.0. The number of nitriles is 1. The Morgan fingerprint density at radius 1 is 0.962 bits per heavy atom. The van der Waals surface area contributed by atoms with Crippen LogP contribution in [0.2, 0.25) is 5.02 Å². The fourth-order valence-corrected chi connectivity index (χ4v) is 8.08. The molecule has 1 amide bonds. The number of rotatable bonds is 9. The Morgan fingerprint density at radius 2 is 1.69 bits per heavy atom. The van der Waals surface area contributed by atoms with Crippen LogP contribution in [0.4, 0.5) is 11.5 Å². The lowest BCUT2D eigenvalue weighted by atomic mass is 9.78. The summed E-state index contributed by atoms with van der Waals surface area (Å²) in [4.78, 5) is 48.2. The highest BCUT2D eigenvalue weighted by Crippen LogP contribution is 2.43. The highest BCUT2D eigenvalue weighted by Gasteiger charge is 2.41. The average molecular weight is 724 g/mol. The highest BCUT2D eigenvalue weighted by molar-refractivity contribution is 6.31. The molecule has 0 radical (unpaired) electrons. The van der Waals surface area contributed by atoms with Crippen LogP contribution < -0.4 is 31.5 Å². The monoisotopic (exact) mass is 723 g/mol. The summed E-state index contributed by atoms with van der Waals surface area (Å²) in [6.45, 7) is 6.48. The molecule has 0 atom stereocenters. The van der Waals surface area contributed by atoms with Crippen LogP contribution in [0.15, 0.2) is 64.3 Å². The summed E-state index contributed by atoms with van der Waals surface area (Å²) >= 11 is 6.35. The number of carbonyl (C=O) groups excluding carboxylic acids is 1. The molecule has 14 heteroatoms. The normalized spacial score (nSPS) is 18.2. The maximum absolute atomic E-state index is 12.7. The largest absolute Gasteiger partial charge is 0.482 e. The number of benzene rings is 2. The van der Waals surface area contributed by atoms with Crippen LogP contribution in [0.5, 0.6) is 5.75 Å². The summed E-state index contributed by atoms with van der Waals surface area (Å²) < 4.78 is 6.69. The minimum Gasteiger partial charge on any atom is -0.482 e. The molecule has 0 spiro atoms. The van der Waals surface area contributed by atoms with Gasteiger partial charge in [-0.2, -0.15) is 5.26 Å². The molecule has 1 saturated carbocycles. The van der Waals surface area contributed by atoms with E-state index in [1.165, 1.54) is 6.20 Å². The molecule has 0 unspecified atom stereocenters. The van der Waals surface area contributed by atoms with Crippen molar-refractivity contribution in [3.05, 3.63) is 97.4 Å². The Bertz CT molecular complexity index is 2070. The van der Waals surface area contributed by atoms with E-state index in [1.54, 1.807) is 18.2 Å². The quantitative estimate of drug-likeness (QED) is 0.224. The lowest BCUT2D eigenvalue weighted by Crippen LogP contribution is -2.49.